The molecule has 2 saturated heterocycles. The number of carbonyl (C=O) groups is 1. The number of hydrogen-bond acceptors (Lipinski definition) is 4. The molecule has 0 aromatic heterocycles. The third-order valence-electron chi connectivity index (χ3n) is 4.23. The summed E-state index contributed by atoms with van der Waals surface area (Å²) in [6.07, 6.45) is 1.66. The van der Waals surface area contributed by atoms with Gasteiger partial charge in [0.2, 0.25) is 5.91 Å². The van der Waals surface area contributed by atoms with Crippen LogP contribution in [0.3, 0.4) is 0 Å². The van der Waals surface area contributed by atoms with Crippen LogP contribution >= 0.6 is 0 Å². The van der Waals surface area contributed by atoms with Gasteiger partial charge in [-0.1, -0.05) is 0 Å². The normalized spacial score (nSPS) is 26.0. The maximum atomic E-state index is 12.0. The smallest absolute Gasteiger partial charge is 0.224 e. The van der Waals surface area contributed by atoms with Gasteiger partial charge in [0.05, 0.1) is 13.0 Å². The highest BCUT2D eigenvalue weighted by Crippen LogP contribution is 2.17. The van der Waals surface area contributed by atoms with E-state index >= 15 is 0 Å². The first-order valence-corrected chi connectivity index (χ1v) is 7.49. The van der Waals surface area contributed by atoms with Gasteiger partial charge in [0.15, 0.2) is 0 Å². The molecule has 0 radical (unpaired) electrons. The van der Waals surface area contributed by atoms with Crippen LogP contribution in [0.25, 0.3) is 0 Å². The Balaban J connectivity index is 1.72. The number of rotatable bonds is 5. The Kier molecular flexibility index (Phi) is 5.60. The molecule has 0 aliphatic carbocycles. The molecule has 2 aliphatic heterocycles. The van der Waals surface area contributed by atoms with E-state index < -0.39 is 0 Å². The summed E-state index contributed by atoms with van der Waals surface area (Å²) in [5.41, 5.74) is 0. The summed E-state index contributed by atoms with van der Waals surface area (Å²) >= 11 is 0. The molecule has 110 valence electrons. The largest absolute Gasteiger partial charge is 0.381 e. The number of likely N-dealkylation sites (tertiary alicyclic amines) is 1. The number of nitrogens with zero attached hydrogens (tertiary/aromatic N) is 3. The van der Waals surface area contributed by atoms with E-state index in [0.717, 1.165) is 45.7 Å². The van der Waals surface area contributed by atoms with Crippen LogP contribution in [-0.2, 0) is 9.53 Å². The summed E-state index contributed by atoms with van der Waals surface area (Å²) < 4.78 is 5.26. The average molecular weight is 269 g/mol. The van der Waals surface area contributed by atoms with Crippen molar-refractivity contribution in [2.24, 2.45) is 0 Å². The molecule has 1 atom stereocenters. The Hall–Kier alpha value is -0.650. The molecule has 2 heterocycles. The van der Waals surface area contributed by atoms with Gasteiger partial charge in [0, 0.05) is 51.9 Å². The van der Waals surface area contributed by atoms with E-state index in [1.807, 2.05) is 11.8 Å². The van der Waals surface area contributed by atoms with E-state index in [9.17, 15) is 4.79 Å². The first kappa shape index (κ1) is 14.8. The summed E-state index contributed by atoms with van der Waals surface area (Å²) in [6, 6.07) is 0.574. The SMILES string of the molecule is CCOCCC(=O)N1CC[C@@H](N2CCN(C)CC2)C1. The Morgan fingerprint density at radius 2 is 1.95 bits per heavy atom. The molecule has 2 fully saturated rings. The molecule has 5 heteroatoms. The zero-order chi connectivity index (χ0) is 13.7. The predicted octanol–water partition coefficient (Wildman–Crippen LogP) is 0.261. The molecule has 0 N–H and O–H groups in total. The molecule has 5 nitrogen and oxygen atoms in total. The lowest BCUT2D eigenvalue weighted by atomic mass is 10.2. The van der Waals surface area contributed by atoms with Crippen LogP contribution in [0, 0.1) is 0 Å². The van der Waals surface area contributed by atoms with E-state index in [4.69, 9.17) is 4.74 Å². The Morgan fingerprint density at radius 1 is 1.21 bits per heavy atom. The van der Waals surface area contributed by atoms with Crippen LogP contribution in [0.15, 0.2) is 0 Å². The second-order valence-corrected chi connectivity index (χ2v) is 5.57. The van der Waals surface area contributed by atoms with E-state index in [1.54, 1.807) is 0 Å². The summed E-state index contributed by atoms with van der Waals surface area (Å²) in [7, 11) is 2.18. The van der Waals surface area contributed by atoms with E-state index in [1.165, 1.54) is 0 Å². The standard InChI is InChI=1S/C14H27N3O2/c1-3-19-11-5-14(18)17-6-4-13(12-17)16-9-7-15(2)8-10-16/h13H,3-12H2,1-2H3/t13-/m1/s1. The predicted molar refractivity (Wildman–Crippen MR) is 75.2 cm³/mol. The number of ether oxygens (including phenoxy) is 1. The molecule has 0 saturated carbocycles. The van der Waals surface area contributed by atoms with Crippen molar-refractivity contribution in [2.75, 3.05) is 59.5 Å². The van der Waals surface area contributed by atoms with Gasteiger partial charge >= 0.3 is 0 Å². The van der Waals surface area contributed by atoms with Crippen molar-refractivity contribution < 1.29 is 9.53 Å². The molecule has 0 bridgehead atoms. The molecule has 0 aromatic rings. The fourth-order valence-corrected chi connectivity index (χ4v) is 2.92. The molecule has 0 unspecified atom stereocenters. The van der Waals surface area contributed by atoms with Gasteiger partial charge in [-0.25, -0.2) is 0 Å². The van der Waals surface area contributed by atoms with Gasteiger partial charge in [0.25, 0.3) is 0 Å². The second kappa shape index (κ2) is 7.22. The van der Waals surface area contributed by atoms with Crippen molar-refractivity contribution in [2.45, 2.75) is 25.8 Å². The molecular formula is C14H27N3O2. The van der Waals surface area contributed by atoms with Crippen molar-refractivity contribution in [3.05, 3.63) is 0 Å². The van der Waals surface area contributed by atoms with Crippen LogP contribution in [0.4, 0.5) is 0 Å². The first-order chi connectivity index (χ1) is 9.20. The summed E-state index contributed by atoms with van der Waals surface area (Å²) in [5, 5.41) is 0. The van der Waals surface area contributed by atoms with Gasteiger partial charge in [-0.05, 0) is 20.4 Å². The fourth-order valence-electron chi connectivity index (χ4n) is 2.92. The highest BCUT2D eigenvalue weighted by molar-refractivity contribution is 5.76. The Morgan fingerprint density at radius 3 is 2.63 bits per heavy atom. The molecule has 2 aliphatic rings. The zero-order valence-electron chi connectivity index (χ0n) is 12.3. The second-order valence-electron chi connectivity index (χ2n) is 5.57. The van der Waals surface area contributed by atoms with Gasteiger partial charge in [0.1, 0.15) is 0 Å². The van der Waals surface area contributed by atoms with Crippen molar-refractivity contribution >= 4 is 5.91 Å². The number of piperazine rings is 1. The maximum Gasteiger partial charge on any atom is 0.224 e. The van der Waals surface area contributed by atoms with Crippen molar-refractivity contribution in [3.63, 3.8) is 0 Å². The number of likely N-dealkylation sites (N-methyl/N-ethyl adjacent to an activating group) is 1. The third-order valence-corrected chi connectivity index (χ3v) is 4.23. The highest BCUT2D eigenvalue weighted by atomic mass is 16.5. The number of amides is 1. The van der Waals surface area contributed by atoms with Crippen molar-refractivity contribution in [1.29, 1.82) is 0 Å². The fraction of sp³-hybridized carbons (Fsp3) is 0.929. The molecule has 1 amide bonds. The van der Waals surface area contributed by atoms with Gasteiger partial charge in [-0.15, -0.1) is 0 Å². The lowest BCUT2D eigenvalue weighted by Crippen LogP contribution is -2.50. The van der Waals surface area contributed by atoms with Crippen LogP contribution in [0.2, 0.25) is 0 Å². The number of hydrogen-bond donors (Lipinski definition) is 0. The summed E-state index contributed by atoms with van der Waals surface area (Å²) in [5.74, 6) is 0.255. The summed E-state index contributed by atoms with van der Waals surface area (Å²) in [6.45, 7) is 9.62. The minimum absolute atomic E-state index is 0.255. The monoisotopic (exact) mass is 269 g/mol. The van der Waals surface area contributed by atoms with Gasteiger partial charge < -0.3 is 14.5 Å². The average Bonchev–Trinajstić information content (AvgIpc) is 2.89. The topological polar surface area (TPSA) is 36.0 Å². The highest BCUT2D eigenvalue weighted by Gasteiger charge is 2.31. The number of carbonyl (C=O) groups excluding carboxylic acids is 1. The van der Waals surface area contributed by atoms with Crippen molar-refractivity contribution in [1.82, 2.24) is 14.7 Å². The van der Waals surface area contributed by atoms with Gasteiger partial charge in [-0.3, -0.25) is 9.69 Å². The van der Waals surface area contributed by atoms with Crippen LogP contribution in [0.5, 0.6) is 0 Å². The summed E-state index contributed by atoms with van der Waals surface area (Å²) in [4.78, 5) is 19.0. The lowest BCUT2D eigenvalue weighted by Gasteiger charge is -2.36. The Labute approximate surface area is 116 Å². The Bertz CT molecular complexity index is 290. The third kappa shape index (κ3) is 4.16. The van der Waals surface area contributed by atoms with Crippen LogP contribution < -0.4 is 0 Å². The molecule has 0 aromatic carbocycles. The first-order valence-electron chi connectivity index (χ1n) is 7.49. The molecule has 2 rings (SSSR count). The lowest BCUT2D eigenvalue weighted by molar-refractivity contribution is -0.131. The minimum Gasteiger partial charge on any atom is -0.381 e. The molecule has 0 spiro atoms. The van der Waals surface area contributed by atoms with Crippen LogP contribution in [0.1, 0.15) is 19.8 Å². The molecular weight excluding hydrogens is 242 g/mol. The van der Waals surface area contributed by atoms with E-state index in [2.05, 4.69) is 16.8 Å². The van der Waals surface area contributed by atoms with Gasteiger partial charge in [-0.2, -0.15) is 0 Å². The van der Waals surface area contributed by atoms with E-state index in [-0.39, 0.29) is 5.91 Å². The zero-order valence-corrected chi connectivity index (χ0v) is 12.3. The van der Waals surface area contributed by atoms with Crippen molar-refractivity contribution in [3.8, 4) is 0 Å². The van der Waals surface area contributed by atoms with E-state index in [0.29, 0.717) is 25.7 Å². The minimum atomic E-state index is 0.255. The quantitative estimate of drug-likeness (QED) is 0.671. The molecule has 19 heavy (non-hydrogen) atoms. The van der Waals surface area contributed by atoms with Crippen LogP contribution in [-0.4, -0.2) is 86.2 Å². The maximum absolute atomic E-state index is 12.0.